The van der Waals surface area contributed by atoms with Crippen molar-refractivity contribution in [2.45, 2.75) is 26.7 Å². The molecular weight excluding hydrogens is 306 g/mol. The van der Waals surface area contributed by atoms with Gasteiger partial charge in [0.05, 0.1) is 17.5 Å². The molecule has 2 unspecified atom stereocenters. The molecule has 1 saturated heterocycles. The maximum Gasteiger partial charge on any atom is 0.237 e. The molecule has 0 radical (unpaired) electrons. The van der Waals surface area contributed by atoms with E-state index in [1.54, 1.807) is 0 Å². The van der Waals surface area contributed by atoms with Crippen LogP contribution in [0.2, 0.25) is 0 Å². The third-order valence-electron chi connectivity index (χ3n) is 4.27. The molecule has 0 bridgehead atoms. The number of benzene rings is 1. The number of carbonyl (C=O) groups excluding carboxylic acids is 2. The number of rotatable bonds is 1. The Kier molecular flexibility index (Phi) is 3.01. The van der Waals surface area contributed by atoms with Crippen LogP contribution in [-0.2, 0) is 9.59 Å². The molecule has 1 saturated carbocycles. The Morgan fingerprint density at radius 2 is 1.74 bits per heavy atom. The van der Waals surface area contributed by atoms with Crippen LogP contribution in [0, 0.1) is 24.7 Å². The number of hydrogen-bond donors (Lipinski definition) is 0. The summed E-state index contributed by atoms with van der Waals surface area (Å²) in [6.07, 6.45) is 1.70. The van der Waals surface area contributed by atoms with E-state index in [9.17, 15) is 9.59 Å². The maximum absolute atomic E-state index is 12.4. The first-order chi connectivity index (χ1) is 8.99. The van der Waals surface area contributed by atoms with Crippen molar-refractivity contribution in [3.05, 3.63) is 28.2 Å². The highest BCUT2D eigenvalue weighted by Gasteiger charge is 2.52. The second kappa shape index (κ2) is 4.44. The average molecular weight is 322 g/mol. The van der Waals surface area contributed by atoms with Gasteiger partial charge in [-0.25, -0.2) is 0 Å². The fourth-order valence-electron chi connectivity index (χ4n) is 3.30. The molecule has 2 atom stereocenters. The number of halogens is 1. The van der Waals surface area contributed by atoms with Crippen molar-refractivity contribution < 1.29 is 9.59 Å². The SMILES string of the molecule is Cc1cc(N2C(=O)C3CC(C)CC3C2=O)ccc1Br. The van der Waals surface area contributed by atoms with Crippen molar-refractivity contribution in [1.82, 2.24) is 0 Å². The van der Waals surface area contributed by atoms with Crippen LogP contribution in [0.25, 0.3) is 0 Å². The minimum absolute atomic E-state index is 0.0129. The molecule has 2 amide bonds. The van der Waals surface area contributed by atoms with Gasteiger partial charge in [0.2, 0.25) is 11.8 Å². The van der Waals surface area contributed by atoms with Crippen LogP contribution in [-0.4, -0.2) is 11.8 Å². The Bertz CT molecular complexity index is 545. The van der Waals surface area contributed by atoms with Crippen LogP contribution in [0.15, 0.2) is 22.7 Å². The smallest absolute Gasteiger partial charge is 0.237 e. The molecule has 3 nitrogen and oxygen atoms in total. The molecular formula is C15H16BrNO2. The lowest BCUT2D eigenvalue weighted by Gasteiger charge is -2.17. The minimum Gasteiger partial charge on any atom is -0.274 e. The van der Waals surface area contributed by atoms with E-state index in [1.165, 1.54) is 4.90 Å². The Morgan fingerprint density at radius 3 is 2.26 bits per heavy atom. The lowest BCUT2D eigenvalue weighted by atomic mass is 10.00. The molecule has 2 aliphatic rings. The molecule has 4 heteroatoms. The first-order valence-corrected chi connectivity index (χ1v) is 7.42. The lowest BCUT2D eigenvalue weighted by molar-refractivity contribution is -0.123. The van der Waals surface area contributed by atoms with Crippen molar-refractivity contribution in [1.29, 1.82) is 0 Å². The summed E-state index contributed by atoms with van der Waals surface area (Å²) < 4.78 is 0.990. The highest BCUT2D eigenvalue weighted by atomic mass is 79.9. The molecule has 1 aromatic carbocycles. The Balaban J connectivity index is 1.96. The van der Waals surface area contributed by atoms with Gasteiger partial charge < -0.3 is 0 Å². The van der Waals surface area contributed by atoms with Gasteiger partial charge in [-0.05, 0) is 49.4 Å². The molecule has 19 heavy (non-hydrogen) atoms. The van der Waals surface area contributed by atoms with E-state index in [4.69, 9.17) is 0 Å². The Hall–Kier alpha value is -1.16. The highest BCUT2D eigenvalue weighted by molar-refractivity contribution is 9.10. The second-order valence-electron chi connectivity index (χ2n) is 5.73. The highest BCUT2D eigenvalue weighted by Crippen LogP contribution is 2.44. The van der Waals surface area contributed by atoms with Gasteiger partial charge in [-0.2, -0.15) is 0 Å². The fourth-order valence-corrected chi connectivity index (χ4v) is 3.55. The maximum atomic E-state index is 12.4. The number of aryl methyl sites for hydroxylation is 1. The summed E-state index contributed by atoms with van der Waals surface area (Å²) in [4.78, 5) is 26.3. The molecule has 0 spiro atoms. The predicted molar refractivity (Wildman–Crippen MR) is 76.8 cm³/mol. The van der Waals surface area contributed by atoms with Gasteiger partial charge in [0, 0.05) is 4.47 Å². The predicted octanol–water partition coefficient (Wildman–Crippen LogP) is 3.29. The largest absolute Gasteiger partial charge is 0.274 e. The van der Waals surface area contributed by atoms with Gasteiger partial charge >= 0.3 is 0 Å². The Morgan fingerprint density at radius 1 is 1.16 bits per heavy atom. The van der Waals surface area contributed by atoms with Crippen molar-refractivity contribution in [2.24, 2.45) is 17.8 Å². The molecule has 1 aliphatic carbocycles. The number of amides is 2. The van der Waals surface area contributed by atoms with Crippen LogP contribution in [0.4, 0.5) is 5.69 Å². The number of hydrogen-bond acceptors (Lipinski definition) is 2. The van der Waals surface area contributed by atoms with Gasteiger partial charge in [0.25, 0.3) is 0 Å². The van der Waals surface area contributed by atoms with E-state index >= 15 is 0 Å². The average Bonchev–Trinajstić information content (AvgIpc) is 2.84. The normalized spacial score (nSPS) is 30.1. The number of imide groups is 1. The third kappa shape index (κ3) is 1.93. The molecule has 1 aromatic rings. The van der Waals surface area contributed by atoms with Gasteiger partial charge in [0.1, 0.15) is 0 Å². The zero-order chi connectivity index (χ0) is 13.7. The number of carbonyl (C=O) groups is 2. The third-order valence-corrected chi connectivity index (χ3v) is 5.16. The van der Waals surface area contributed by atoms with E-state index in [0.29, 0.717) is 11.6 Å². The van der Waals surface area contributed by atoms with Crippen LogP contribution < -0.4 is 4.90 Å². The van der Waals surface area contributed by atoms with Crippen LogP contribution >= 0.6 is 15.9 Å². The van der Waals surface area contributed by atoms with E-state index in [2.05, 4.69) is 22.9 Å². The zero-order valence-electron chi connectivity index (χ0n) is 11.0. The topological polar surface area (TPSA) is 37.4 Å². The van der Waals surface area contributed by atoms with Gasteiger partial charge in [0.15, 0.2) is 0 Å². The van der Waals surface area contributed by atoms with Crippen molar-refractivity contribution >= 4 is 33.4 Å². The van der Waals surface area contributed by atoms with Gasteiger partial charge in [-0.1, -0.05) is 22.9 Å². The standard InChI is InChI=1S/C15H16BrNO2/c1-8-5-11-12(6-8)15(19)17(14(11)18)10-3-4-13(16)9(2)7-10/h3-4,7-8,11-12H,5-6H2,1-2H3. The quantitative estimate of drug-likeness (QED) is 0.744. The molecule has 0 N–H and O–H groups in total. The van der Waals surface area contributed by atoms with Gasteiger partial charge in [-0.3, -0.25) is 14.5 Å². The van der Waals surface area contributed by atoms with Crippen LogP contribution in [0.5, 0.6) is 0 Å². The van der Waals surface area contributed by atoms with Crippen molar-refractivity contribution in [2.75, 3.05) is 4.90 Å². The monoisotopic (exact) mass is 321 g/mol. The molecule has 3 rings (SSSR count). The first-order valence-electron chi connectivity index (χ1n) is 6.63. The summed E-state index contributed by atoms with van der Waals surface area (Å²) in [5.41, 5.74) is 1.74. The van der Waals surface area contributed by atoms with Crippen LogP contribution in [0.3, 0.4) is 0 Å². The summed E-state index contributed by atoms with van der Waals surface area (Å²) in [5, 5.41) is 0. The summed E-state index contributed by atoms with van der Waals surface area (Å²) in [7, 11) is 0. The van der Waals surface area contributed by atoms with E-state index in [0.717, 1.165) is 22.9 Å². The molecule has 1 heterocycles. The van der Waals surface area contributed by atoms with E-state index < -0.39 is 0 Å². The number of anilines is 1. The Labute approximate surface area is 121 Å². The second-order valence-corrected chi connectivity index (χ2v) is 6.59. The summed E-state index contributed by atoms with van der Waals surface area (Å²) in [5.74, 6) is 0.275. The first kappa shape index (κ1) is 12.9. The fraction of sp³-hybridized carbons (Fsp3) is 0.467. The molecule has 2 fully saturated rings. The summed E-state index contributed by atoms with van der Waals surface area (Å²) in [6.45, 7) is 4.08. The van der Waals surface area contributed by atoms with E-state index in [1.807, 2.05) is 25.1 Å². The number of nitrogens with zero attached hydrogens (tertiary/aromatic N) is 1. The molecule has 1 aliphatic heterocycles. The van der Waals surface area contributed by atoms with Crippen molar-refractivity contribution in [3.8, 4) is 0 Å². The van der Waals surface area contributed by atoms with Gasteiger partial charge in [-0.15, -0.1) is 0 Å². The van der Waals surface area contributed by atoms with E-state index in [-0.39, 0.29) is 23.7 Å². The lowest BCUT2D eigenvalue weighted by Crippen LogP contribution is -2.32. The molecule has 100 valence electrons. The van der Waals surface area contributed by atoms with Crippen molar-refractivity contribution in [3.63, 3.8) is 0 Å². The summed E-state index contributed by atoms with van der Waals surface area (Å²) >= 11 is 3.44. The zero-order valence-corrected chi connectivity index (χ0v) is 12.6. The molecule has 0 aromatic heterocycles. The minimum atomic E-state index is -0.0912. The summed E-state index contributed by atoms with van der Waals surface area (Å²) in [6, 6.07) is 5.61. The van der Waals surface area contributed by atoms with Crippen LogP contribution in [0.1, 0.15) is 25.3 Å². The number of fused-ring (bicyclic) bond motifs is 1.